The molecule has 1 atom stereocenters. The number of hydrogen-bond donors (Lipinski definition) is 3. The molecule has 0 aliphatic carbocycles. The first-order valence-electron chi connectivity index (χ1n) is 12.2. The number of urea groups is 1. The molecular weight excluding hydrogens is 542 g/mol. The van der Waals surface area contributed by atoms with Gasteiger partial charge in [-0.25, -0.2) is 17.9 Å². The molecule has 0 bridgehead atoms. The lowest BCUT2D eigenvalue weighted by Crippen LogP contribution is -2.36. The largest absolute Gasteiger partial charge is 0.337 e. The van der Waals surface area contributed by atoms with Crippen molar-refractivity contribution < 1.29 is 13.2 Å². The summed E-state index contributed by atoms with van der Waals surface area (Å²) in [5.74, 6) is 0.544. The van der Waals surface area contributed by atoms with Crippen molar-refractivity contribution in [2.24, 2.45) is 5.92 Å². The van der Waals surface area contributed by atoms with E-state index in [1.54, 1.807) is 24.3 Å². The van der Waals surface area contributed by atoms with Crippen molar-refractivity contribution >= 4 is 48.6 Å². The molecule has 1 aromatic heterocycles. The highest BCUT2D eigenvalue weighted by atomic mass is 79.9. The Morgan fingerprint density at radius 3 is 2.72 bits per heavy atom. The third-order valence-corrected chi connectivity index (χ3v) is 8.39. The van der Waals surface area contributed by atoms with E-state index in [0.29, 0.717) is 19.0 Å². The number of likely N-dealkylation sites (tertiary alicyclic amines) is 1. The zero-order valence-corrected chi connectivity index (χ0v) is 22.7. The molecule has 192 valence electrons. The molecule has 2 amide bonds. The number of halogens is 1. The van der Waals surface area contributed by atoms with Crippen LogP contribution in [0.4, 0.5) is 10.5 Å². The standard InChI is InChI=1S/C26H32BrN5O3S/c1-19-17-25(23-6-2-3-7-24(23)30-19)31-26(33)28-14-16-32-15-12-20(18-32)5-4-13-29-36(34,35)22-10-8-21(27)9-11-22/h2-3,6-11,17,20,29H,4-5,12-16,18H2,1H3,(H2,28,30,31,33). The second-order valence-corrected chi connectivity index (χ2v) is 11.8. The number of aromatic nitrogens is 1. The molecule has 0 spiro atoms. The molecule has 1 aliphatic heterocycles. The van der Waals surface area contributed by atoms with Crippen molar-refractivity contribution in [3.8, 4) is 0 Å². The van der Waals surface area contributed by atoms with Gasteiger partial charge in [0.2, 0.25) is 10.0 Å². The fraction of sp³-hybridized carbons (Fsp3) is 0.385. The molecule has 0 saturated carbocycles. The van der Waals surface area contributed by atoms with Crippen molar-refractivity contribution in [1.82, 2.24) is 19.9 Å². The molecule has 1 aliphatic rings. The average molecular weight is 575 g/mol. The Bertz CT molecular complexity index is 1300. The molecule has 1 saturated heterocycles. The summed E-state index contributed by atoms with van der Waals surface area (Å²) < 4.78 is 28.3. The predicted octanol–water partition coefficient (Wildman–Crippen LogP) is 4.51. The lowest BCUT2D eigenvalue weighted by Gasteiger charge is -2.17. The minimum Gasteiger partial charge on any atom is -0.337 e. The number of amides is 2. The van der Waals surface area contributed by atoms with E-state index in [1.165, 1.54) is 0 Å². The smallest absolute Gasteiger partial charge is 0.319 e. The summed E-state index contributed by atoms with van der Waals surface area (Å²) in [6.07, 6.45) is 2.86. The van der Waals surface area contributed by atoms with Gasteiger partial charge in [0, 0.05) is 41.7 Å². The summed E-state index contributed by atoms with van der Waals surface area (Å²) in [7, 11) is -3.47. The van der Waals surface area contributed by atoms with E-state index < -0.39 is 10.0 Å². The van der Waals surface area contributed by atoms with Crippen LogP contribution in [0.2, 0.25) is 0 Å². The van der Waals surface area contributed by atoms with Crippen molar-refractivity contribution in [2.45, 2.75) is 31.1 Å². The summed E-state index contributed by atoms with van der Waals surface area (Å²) >= 11 is 3.32. The summed E-state index contributed by atoms with van der Waals surface area (Å²) in [6.45, 7) is 5.66. The zero-order chi connectivity index (χ0) is 25.5. The number of carbonyl (C=O) groups is 1. The van der Waals surface area contributed by atoms with Gasteiger partial charge < -0.3 is 15.5 Å². The Balaban J connectivity index is 1.14. The molecule has 1 fully saturated rings. The maximum absolute atomic E-state index is 12.5. The monoisotopic (exact) mass is 573 g/mol. The molecular formula is C26H32BrN5O3S. The molecule has 3 N–H and O–H groups in total. The van der Waals surface area contributed by atoms with Gasteiger partial charge in [0.25, 0.3) is 0 Å². The van der Waals surface area contributed by atoms with E-state index in [4.69, 9.17) is 0 Å². The first-order chi connectivity index (χ1) is 17.3. The number of hydrogen-bond acceptors (Lipinski definition) is 5. The van der Waals surface area contributed by atoms with Gasteiger partial charge in [0.15, 0.2) is 0 Å². The molecule has 4 rings (SSSR count). The van der Waals surface area contributed by atoms with Gasteiger partial charge in [0.1, 0.15) is 0 Å². The maximum Gasteiger partial charge on any atom is 0.319 e. The maximum atomic E-state index is 12.5. The summed E-state index contributed by atoms with van der Waals surface area (Å²) in [6, 6.07) is 16.1. The van der Waals surface area contributed by atoms with Gasteiger partial charge in [-0.2, -0.15) is 0 Å². The number of anilines is 1. The predicted molar refractivity (Wildman–Crippen MR) is 147 cm³/mol. The normalized spacial score (nSPS) is 16.3. The van der Waals surface area contributed by atoms with Gasteiger partial charge in [-0.05, 0) is 75.0 Å². The number of benzene rings is 2. The van der Waals surface area contributed by atoms with Gasteiger partial charge in [0.05, 0.1) is 16.1 Å². The second-order valence-electron chi connectivity index (χ2n) is 9.16. The van der Waals surface area contributed by atoms with Crippen molar-refractivity contribution in [2.75, 3.05) is 38.0 Å². The second kappa shape index (κ2) is 12.1. The molecule has 2 heterocycles. The summed E-state index contributed by atoms with van der Waals surface area (Å²) in [5, 5.41) is 6.82. The fourth-order valence-electron chi connectivity index (χ4n) is 4.55. The van der Waals surface area contributed by atoms with Crippen LogP contribution in [-0.2, 0) is 10.0 Å². The number of nitrogens with zero attached hydrogens (tertiary/aromatic N) is 2. The van der Waals surface area contributed by atoms with Crippen LogP contribution >= 0.6 is 15.9 Å². The average Bonchev–Trinajstić information content (AvgIpc) is 3.29. The first-order valence-corrected chi connectivity index (χ1v) is 14.5. The molecule has 10 heteroatoms. The van der Waals surface area contributed by atoms with Gasteiger partial charge in [-0.1, -0.05) is 34.1 Å². The van der Waals surface area contributed by atoms with Crippen LogP contribution in [0.3, 0.4) is 0 Å². The number of sulfonamides is 1. The number of rotatable bonds is 10. The number of para-hydroxylation sites is 1. The molecule has 8 nitrogen and oxygen atoms in total. The molecule has 0 radical (unpaired) electrons. The Morgan fingerprint density at radius 1 is 1.14 bits per heavy atom. The van der Waals surface area contributed by atoms with E-state index >= 15 is 0 Å². The zero-order valence-electron chi connectivity index (χ0n) is 20.3. The van der Waals surface area contributed by atoms with Gasteiger partial charge in [-0.15, -0.1) is 0 Å². The Kier molecular flexibility index (Phi) is 8.95. The van der Waals surface area contributed by atoms with Gasteiger partial charge >= 0.3 is 6.03 Å². The summed E-state index contributed by atoms with van der Waals surface area (Å²) in [5.41, 5.74) is 2.47. The minimum absolute atomic E-state index is 0.223. The first kappa shape index (κ1) is 26.5. The van der Waals surface area contributed by atoms with Crippen molar-refractivity contribution in [3.05, 3.63) is 64.8 Å². The Morgan fingerprint density at radius 2 is 1.92 bits per heavy atom. The highest BCUT2D eigenvalue weighted by molar-refractivity contribution is 9.10. The van der Waals surface area contributed by atoms with E-state index in [9.17, 15) is 13.2 Å². The number of nitrogens with one attached hydrogen (secondary N) is 3. The Labute approximate surface area is 221 Å². The van der Waals surface area contributed by atoms with E-state index in [1.807, 2.05) is 37.3 Å². The van der Waals surface area contributed by atoms with E-state index in [0.717, 1.165) is 65.7 Å². The lowest BCUT2D eigenvalue weighted by atomic mass is 10.0. The van der Waals surface area contributed by atoms with E-state index in [2.05, 4.69) is 41.2 Å². The summed E-state index contributed by atoms with van der Waals surface area (Å²) in [4.78, 5) is 19.6. The van der Waals surface area contributed by atoms with Crippen molar-refractivity contribution in [1.29, 1.82) is 0 Å². The highest BCUT2D eigenvalue weighted by Crippen LogP contribution is 2.23. The van der Waals surface area contributed by atoms with Crippen LogP contribution < -0.4 is 15.4 Å². The van der Waals surface area contributed by atoms with Crippen LogP contribution in [0.15, 0.2) is 64.0 Å². The minimum atomic E-state index is -3.47. The highest BCUT2D eigenvalue weighted by Gasteiger charge is 2.22. The Hall–Kier alpha value is -2.53. The van der Waals surface area contributed by atoms with Crippen LogP contribution in [0.5, 0.6) is 0 Å². The molecule has 36 heavy (non-hydrogen) atoms. The van der Waals surface area contributed by atoms with Crippen LogP contribution in [0.25, 0.3) is 10.9 Å². The molecule has 3 aromatic rings. The third-order valence-electron chi connectivity index (χ3n) is 6.38. The lowest BCUT2D eigenvalue weighted by molar-refractivity contribution is 0.249. The quantitative estimate of drug-likeness (QED) is 0.310. The number of fused-ring (bicyclic) bond motifs is 1. The topological polar surface area (TPSA) is 103 Å². The SMILES string of the molecule is Cc1cc(NC(=O)NCCN2CCC(CCCNS(=O)(=O)c3ccc(Br)cc3)C2)c2ccccc2n1. The molecule has 2 aromatic carbocycles. The van der Waals surface area contributed by atoms with Crippen LogP contribution in [0, 0.1) is 12.8 Å². The number of carbonyl (C=O) groups excluding carboxylic acids is 1. The number of aryl methyl sites for hydroxylation is 1. The number of pyridine rings is 1. The molecule has 1 unspecified atom stereocenters. The van der Waals surface area contributed by atoms with Crippen LogP contribution in [-0.4, -0.2) is 57.1 Å². The fourth-order valence-corrected chi connectivity index (χ4v) is 5.89. The third kappa shape index (κ3) is 7.25. The van der Waals surface area contributed by atoms with Crippen LogP contribution in [0.1, 0.15) is 25.0 Å². The van der Waals surface area contributed by atoms with E-state index in [-0.39, 0.29) is 10.9 Å². The van der Waals surface area contributed by atoms with Gasteiger partial charge in [-0.3, -0.25) is 4.98 Å². The van der Waals surface area contributed by atoms with Crippen molar-refractivity contribution in [3.63, 3.8) is 0 Å².